The van der Waals surface area contributed by atoms with Gasteiger partial charge in [0, 0.05) is 37.9 Å². The van der Waals surface area contributed by atoms with Gasteiger partial charge in [0.1, 0.15) is 10.7 Å². The lowest BCUT2D eigenvalue weighted by atomic mass is 10.0. The number of hydrogen-bond acceptors (Lipinski definition) is 5. The van der Waals surface area contributed by atoms with Crippen LogP contribution in [0.5, 0.6) is 0 Å². The zero-order valence-electron chi connectivity index (χ0n) is 15.4. The van der Waals surface area contributed by atoms with E-state index in [-0.39, 0.29) is 4.90 Å². The second-order valence-electron chi connectivity index (χ2n) is 8.07. The van der Waals surface area contributed by atoms with E-state index in [1.807, 2.05) is 0 Å². The van der Waals surface area contributed by atoms with Crippen molar-refractivity contribution in [2.75, 3.05) is 25.0 Å². The molecule has 0 unspecified atom stereocenters. The van der Waals surface area contributed by atoms with Crippen LogP contribution in [-0.2, 0) is 10.0 Å². The van der Waals surface area contributed by atoms with Gasteiger partial charge in [0.15, 0.2) is 0 Å². The molecule has 1 aliphatic heterocycles. The van der Waals surface area contributed by atoms with Crippen LogP contribution < -0.4 is 10.0 Å². The van der Waals surface area contributed by atoms with Crippen LogP contribution >= 0.6 is 0 Å². The summed E-state index contributed by atoms with van der Waals surface area (Å²) in [5, 5.41) is 3.48. The van der Waals surface area contributed by atoms with E-state index in [0.29, 0.717) is 18.5 Å². The minimum Gasteiger partial charge on any atom is -0.367 e. The molecule has 0 radical (unpaired) electrons. The molecule has 2 saturated carbocycles. The summed E-state index contributed by atoms with van der Waals surface area (Å²) in [5.74, 6) is 1.29. The Balaban J connectivity index is 1.27. The minimum atomic E-state index is -3.43. The fraction of sp³-hybridized carbons (Fsp3) is 0.737. The number of pyridine rings is 1. The van der Waals surface area contributed by atoms with Gasteiger partial charge < -0.3 is 10.2 Å². The number of aromatic nitrogens is 1. The molecule has 144 valence electrons. The van der Waals surface area contributed by atoms with E-state index in [1.165, 1.54) is 31.9 Å². The van der Waals surface area contributed by atoms with Crippen molar-refractivity contribution in [3.8, 4) is 0 Å². The summed E-state index contributed by atoms with van der Waals surface area (Å²) in [5.41, 5.74) is 0. The van der Waals surface area contributed by atoms with Gasteiger partial charge in [-0.3, -0.25) is 0 Å². The van der Waals surface area contributed by atoms with E-state index >= 15 is 0 Å². The summed E-state index contributed by atoms with van der Waals surface area (Å²) in [6.45, 7) is 2.85. The first-order valence-corrected chi connectivity index (χ1v) is 11.5. The Bertz CT molecular complexity index is 689. The maximum absolute atomic E-state index is 12.3. The minimum absolute atomic E-state index is 0.250. The summed E-state index contributed by atoms with van der Waals surface area (Å²) >= 11 is 0. The van der Waals surface area contributed by atoms with Gasteiger partial charge in [-0.05, 0) is 56.6 Å². The molecule has 2 aliphatic carbocycles. The van der Waals surface area contributed by atoms with Crippen molar-refractivity contribution >= 4 is 15.8 Å². The first-order valence-electron chi connectivity index (χ1n) is 10.1. The summed E-state index contributed by atoms with van der Waals surface area (Å²) in [6, 6.07) is 4.67. The van der Waals surface area contributed by atoms with E-state index in [2.05, 4.69) is 19.9 Å². The average molecular weight is 379 g/mol. The second-order valence-corrected chi connectivity index (χ2v) is 9.83. The standard InChI is InChI=1S/C19H30N4O2S/c24-26(25,21-13-15-5-6-15)18-7-8-19(20-14-18)22-16-9-11-23(12-10-16)17-3-1-2-4-17/h7-8,14-17,21H,1-6,9-13H2,(H,20,22). The number of nitrogens with zero attached hydrogens (tertiary/aromatic N) is 2. The fourth-order valence-corrected chi connectivity index (χ4v) is 5.21. The average Bonchev–Trinajstić information content (AvgIpc) is 3.33. The van der Waals surface area contributed by atoms with Crippen LogP contribution in [0, 0.1) is 5.92 Å². The third kappa shape index (κ3) is 4.56. The highest BCUT2D eigenvalue weighted by atomic mass is 32.2. The Labute approximate surface area is 156 Å². The molecule has 6 nitrogen and oxygen atoms in total. The Kier molecular flexibility index (Phi) is 5.47. The molecule has 2 N–H and O–H groups in total. The van der Waals surface area contributed by atoms with E-state index in [4.69, 9.17) is 0 Å². The molecular weight excluding hydrogens is 348 g/mol. The number of rotatable bonds is 7. The van der Waals surface area contributed by atoms with E-state index in [9.17, 15) is 8.42 Å². The zero-order valence-corrected chi connectivity index (χ0v) is 16.2. The Morgan fingerprint density at radius 1 is 1.04 bits per heavy atom. The summed E-state index contributed by atoms with van der Waals surface area (Å²) in [4.78, 5) is 7.24. The summed E-state index contributed by atoms with van der Waals surface area (Å²) < 4.78 is 27.2. The van der Waals surface area contributed by atoms with Gasteiger partial charge in [-0.2, -0.15) is 0 Å². The first-order chi connectivity index (χ1) is 12.6. The molecule has 1 aromatic rings. The number of likely N-dealkylation sites (tertiary alicyclic amines) is 1. The molecule has 3 aliphatic rings. The number of nitrogens with one attached hydrogen (secondary N) is 2. The molecule has 1 saturated heterocycles. The molecule has 0 aromatic carbocycles. The third-order valence-electron chi connectivity index (χ3n) is 6.03. The van der Waals surface area contributed by atoms with E-state index in [1.54, 1.807) is 12.1 Å². The highest BCUT2D eigenvalue weighted by Crippen LogP contribution is 2.28. The molecule has 0 bridgehead atoms. The SMILES string of the molecule is O=S(=O)(NCC1CC1)c1ccc(NC2CCN(C3CCCC3)CC2)nc1. The molecule has 3 fully saturated rings. The Morgan fingerprint density at radius 2 is 1.77 bits per heavy atom. The van der Waals surface area contributed by atoms with Crippen LogP contribution in [-0.4, -0.2) is 50.0 Å². The van der Waals surface area contributed by atoms with Gasteiger partial charge >= 0.3 is 0 Å². The molecule has 0 atom stereocenters. The van der Waals surface area contributed by atoms with Gasteiger partial charge in [-0.25, -0.2) is 18.1 Å². The fourth-order valence-electron chi connectivity index (χ4n) is 4.15. The zero-order chi connectivity index (χ0) is 18.0. The van der Waals surface area contributed by atoms with Crippen molar-refractivity contribution in [2.45, 2.75) is 68.3 Å². The van der Waals surface area contributed by atoms with Gasteiger partial charge in [0.2, 0.25) is 10.0 Å². The lowest BCUT2D eigenvalue weighted by molar-refractivity contribution is 0.159. The highest BCUT2D eigenvalue weighted by molar-refractivity contribution is 7.89. The Morgan fingerprint density at radius 3 is 2.38 bits per heavy atom. The monoisotopic (exact) mass is 378 g/mol. The number of sulfonamides is 1. The summed E-state index contributed by atoms with van der Waals surface area (Å²) in [6.07, 6.45) is 11.5. The van der Waals surface area contributed by atoms with Crippen LogP contribution in [0.15, 0.2) is 23.2 Å². The van der Waals surface area contributed by atoms with Gasteiger partial charge in [0.25, 0.3) is 0 Å². The molecule has 2 heterocycles. The Hall–Kier alpha value is -1.18. The molecule has 0 spiro atoms. The van der Waals surface area contributed by atoms with Crippen molar-refractivity contribution in [3.05, 3.63) is 18.3 Å². The summed E-state index contributed by atoms with van der Waals surface area (Å²) in [7, 11) is -3.43. The van der Waals surface area contributed by atoms with Gasteiger partial charge in [-0.1, -0.05) is 12.8 Å². The van der Waals surface area contributed by atoms with Crippen LogP contribution in [0.1, 0.15) is 51.4 Å². The van der Waals surface area contributed by atoms with Gasteiger partial charge in [-0.15, -0.1) is 0 Å². The number of piperidine rings is 1. The second kappa shape index (κ2) is 7.82. The molecular formula is C19H30N4O2S. The normalized spacial score (nSPS) is 23.4. The highest BCUT2D eigenvalue weighted by Gasteiger charge is 2.27. The number of hydrogen-bond donors (Lipinski definition) is 2. The van der Waals surface area contributed by atoms with E-state index < -0.39 is 10.0 Å². The lowest BCUT2D eigenvalue weighted by Gasteiger charge is -2.36. The molecule has 0 amide bonds. The first kappa shape index (κ1) is 18.2. The molecule has 26 heavy (non-hydrogen) atoms. The topological polar surface area (TPSA) is 74.3 Å². The van der Waals surface area contributed by atoms with Crippen LogP contribution in [0.4, 0.5) is 5.82 Å². The smallest absolute Gasteiger partial charge is 0.242 e. The largest absolute Gasteiger partial charge is 0.367 e. The maximum atomic E-state index is 12.3. The van der Waals surface area contributed by atoms with Gasteiger partial charge in [0.05, 0.1) is 0 Å². The van der Waals surface area contributed by atoms with Crippen LogP contribution in [0.2, 0.25) is 0 Å². The van der Waals surface area contributed by atoms with E-state index in [0.717, 1.165) is 50.6 Å². The van der Waals surface area contributed by atoms with Crippen molar-refractivity contribution < 1.29 is 8.42 Å². The van der Waals surface area contributed by atoms with Crippen molar-refractivity contribution in [1.29, 1.82) is 0 Å². The predicted octanol–water partition coefficient (Wildman–Crippen LogP) is 2.59. The van der Waals surface area contributed by atoms with Crippen molar-refractivity contribution in [3.63, 3.8) is 0 Å². The van der Waals surface area contributed by atoms with Crippen LogP contribution in [0.25, 0.3) is 0 Å². The van der Waals surface area contributed by atoms with Crippen molar-refractivity contribution in [1.82, 2.24) is 14.6 Å². The predicted molar refractivity (Wildman–Crippen MR) is 103 cm³/mol. The quantitative estimate of drug-likeness (QED) is 0.763. The lowest BCUT2D eigenvalue weighted by Crippen LogP contribution is -2.43. The maximum Gasteiger partial charge on any atom is 0.242 e. The van der Waals surface area contributed by atoms with Crippen LogP contribution in [0.3, 0.4) is 0 Å². The molecule has 7 heteroatoms. The third-order valence-corrected chi connectivity index (χ3v) is 7.44. The molecule has 4 rings (SSSR count). The molecule has 1 aromatic heterocycles. The van der Waals surface area contributed by atoms with Crippen molar-refractivity contribution in [2.24, 2.45) is 5.92 Å². The number of anilines is 1.